The SMILES string of the molecule is CC[S+](CC)CC.Cc1ccc(S(=O)(=O)[O-])cc1. The zero-order valence-corrected chi connectivity index (χ0v) is 13.1. The monoisotopic (exact) mass is 290 g/mol. The summed E-state index contributed by atoms with van der Waals surface area (Å²) in [7, 11) is -3.51. The summed E-state index contributed by atoms with van der Waals surface area (Å²) in [6.45, 7) is 8.64. The molecule has 0 amide bonds. The van der Waals surface area contributed by atoms with Crippen LogP contribution >= 0.6 is 0 Å². The lowest BCUT2D eigenvalue weighted by Crippen LogP contribution is -2.09. The highest BCUT2D eigenvalue weighted by molar-refractivity contribution is 7.96. The predicted molar refractivity (Wildman–Crippen MR) is 78.1 cm³/mol. The molecule has 104 valence electrons. The van der Waals surface area contributed by atoms with Crippen molar-refractivity contribution in [3.05, 3.63) is 29.8 Å². The van der Waals surface area contributed by atoms with Crippen LogP contribution < -0.4 is 0 Å². The van der Waals surface area contributed by atoms with Gasteiger partial charge >= 0.3 is 0 Å². The average Bonchev–Trinajstić information content (AvgIpc) is 2.31. The summed E-state index contributed by atoms with van der Waals surface area (Å²) >= 11 is 0. The molecule has 0 unspecified atom stereocenters. The number of hydrogen-bond acceptors (Lipinski definition) is 3. The molecule has 5 heteroatoms. The first-order chi connectivity index (χ1) is 8.35. The van der Waals surface area contributed by atoms with E-state index in [9.17, 15) is 13.0 Å². The van der Waals surface area contributed by atoms with Gasteiger partial charge in [-0.2, -0.15) is 0 Å². The lowest BCUT2D eigenvalue weighted by Gasteiger charge is -2.05. The molecule has 0 aromatic heterocycles. The zero-order chi connectivity index (χ0) is 14.2. The lowest BCUT2D eigenvalue weighted by molar-refractivity contribution is 0.463. The van der Waals surface area contributed by atoms with E-state index in [-0.39, 0.29) is 4.90 Å². The molecule has 18 heavy (non-hydrogen) atoms. The molecule has 3 nitrogen and oxygen atoms in total. The quantitative estimate of drug-likeness (QED) is 0.632. The van der Waals surface area contributed by atoms with Gasteiger partial charge in [0, 0.05) is 0 Å². The van der Waals surface area contributed by atoms with Crippen molar-refractivity contribution >= 4 is 21.0 Å². The first-order valence-corrected chi connectivity index (χ1v) is 9.15. The molecule has 0 N–H and O–H groups in total. The molecule has 0 saturated heterocycles. The zero-order valence-electron chi connectivity index (χ0n) is 11.5. The molecule has 0 aliphatic rings. The molecule has 0 fully saturated rings. The average molecular weight is 290 g/mol. The van der Waals surface area contributed by atoms with Crippen LogP contribution in [0.15, 0.2) is 29.2 Å². The van der Waals surface area contributed by atoms with E-state index in [1.807, 2.05) is 6.92 Å². The maximum Gasteiger partial charge on any atom is 0.124 e. The largest absolute Gasteiger partial charge is 0.744 e. The van der Waals surface area contributed by atoms with Crippen LogP contribution in [0.2, 0.25) is 0 Å². The Morgan fingerprint density at radius 2 is 1.39 bits per heavy atom. The van der Waals surface area contributed by atoms with E-state index in [0.29, 0.717) is 0 Å². The van der Waals surface area contributed by atoms with Crippen molar-refractivity contribution in [2.75, 3.05) is 17.3 Å². The van der Waals surface area contributed by atoms with Crippen LogP contribution in [0.1, 0.15) is 26.3 Å². The van der Waals surface area contributed by atoms with E-state index in [2.05, 4.69) is 20.8 Å². The topological polar surface area (TPSA) is 57.2 Å². The fraction of sp³-hybridized carbons (Fsp3) is 0.538. The van der Waals surface area contributed by atoms with Gasteiger partial charge in [0.2, 0.25) is 0 Å². The third-order valence-corrected chi connectivity index (χ3v) is 5.83. The Bertz CT molecular complexity index is 415. The molecule has 1 rings (SSSR count). The Morgan fingerprint density at radius 3 is 1.61 bits per heavy atom. The third kappa shape index (κ3) is 7.03. The van der Waals surface area contributed by atoms with Crippen LogP contribution in [0.3, 0.4) is 0 Å². The fourth-order valence-electron chi connectivity index (χ4n) is 1.32. The summed E-state index contributed by atoms with van der Waals surface area (Å²) in [5.74, 6) is 4.15. The minimum Gasteiger partial charge on any atom is -0.744 e. The van der Waals surface area contributed by atoms with Crippen LogP contribution in [-0.4, -0.2) is 30.2 Å². The maximum absolute atomic E-state index is 10.4. The number of hydrogen-bond donors (Lipinski definition) is 0. The van der Waals surface area contributed by atoms with Gasteiger partial charge in [0.05, 0.1) is 4.90 Å². The molecule has 0 spiro atoms. The Labute approximate surface area is 114 Å². The molecule has 0 saturated carbocycles. The highest BCUT2D eigenvalue weighted by Gasteiger charge is 2.05. The molecular weight excluding hydrogens is 268 g/mol. The van der Waals surface area contributed by atoms with Crippen molar-refractivity contribution in [3.8, 4) is 0 Å². The van der Waals surface area contributed by atoms with Crippen LogP contribution in [0.4, 0.5) is 0 Å². The number of benzene rings is 1. The van der Waals surface area contributed by atoms with Crippen molar-refractivity contribution in [1.82, 2.24) is 0 Å². The normalized spacial score (nSPS) is 11.0. The van der Waals surface area contributed by atoms with Crippen molar-refractivity contribution in [2.45, 2.75) is 32.6 Å². The summed E-state index contributed by atoms with van der Waals surface area (Å²) in [6.07, 6.45) is 0. The first-order valence-electron chi connectivity index (χ1n) is 6.01. The van der Waals surface area contributed by atoms with Crippen LogP contribution in [-0.2, 0) is 21.0 Å². The maximum atomic E-state index is 10.4. The second-order valence-electron chi connectivity index (χ2n) is 3.75. The predicted octanol–water partition coefficient (Wildman–Crippen LogP) is 2.56. The number of aryl methyl sites for hydroxylation is 1. The Kier molecular flexibility index (Phi) is 8.31. The van der Waals surface area contributed by atoms with Gasteiger partial charge in [0.1, 0.15) is 27.4 Å². The summed E-state index contributed by atoms with van der Waals surface area (Å²) < 4.78 is 31.2. The second kappa shape index (κ2) is 8.56. The van der Waals surface area contributed by atoms with Crippen molar-refractivity contribution in [1.29, 1.82) is 0 Å². The van der Waals surface area contributed by atoms with E-state index < -0.39 is 10.1 Å². The van der Waals surface area contributed by atoms with Gasteiger partial charge in [0.25, 0.3) is 0 Å². The molecule has 0 bridgehead atoms. The van der Waals surface area contributed by atoms with Gasteiger partial charge in [-0.25, -0.2) is 8.42 Å². The van der Waals surface area contributed by atoms with Crippen molar-refractivity contribution in [3.63, 3.8) is 0 Å². The Hall–Kier alpha value is -0.520. The van der Waals surface area contributed by atoms with E-state index in [0.717, 1.165) is 16.5 Å². The van der Waals surface area contributed by atoms with Crippen LogP contribution in [0.25, 0.3) is 0 Å². The standard InChI is InChI=1S/C7H8O3S.C6H15S/c1-6-2-4-7(5-3-6)11(8,9)10;1-4-7(5-2)6-3/h2-5H,1H3,(H,8,9,10);4-6H2,1-3H3/q;+1/p-1. The van der Waals surface area contributed by atoms with E-state index >= 15 is 0 Å². The first kappa shape index (κ1) is 17.5. The molecule has 0 radical (unpaired) electrons. The highest BCUT2D eigenvalue weighted by Crippen LogP contribution is 2.08. The summed E-state index contributed by atoms with van der Waals surface area (Å²) in [6, 6.07) is 5.78. The number of rotatable bonds is 4. The van der Waals surface area contributed by atoms with E-state index in [1.165, 1.54) is 29.4 Å². The van der Waals surface area contributed by atoms with E-state index in [1.54, 1.807) is 12.1 Å². The minimum atomic E-state index is -4.27. The molecule has 0 heterocycles. The Balaban J connectivity index is 0.000000360. The van der Waals surface area contributed by atoms with Gasteiger partial charge in [-0.05, 0) is 50.7 Å². The van der Waals surface area contributed by atoms with Gasteiger partial charge in [-0.15, -0.1) is 0 Å². The van der Waals surface area contributed by atoms with Gasteiger partial charge in [-0.1, -0.05) is 17.7 Å². The van der Waals surface area contributed by atoms with Gasteiger partial charge in [0.15, 0.2) is 0 Å². The molecule has 1 aromatic rings. The molecule has 0 aliphatic carbocycles. The molecule has 0 aliphatic heterocycles. The minimum absolute atomic E-state index is 0.178. The summed E-state index contributed by atoms with van der Waals surface area (Å²) in [4.78, 5) is -0.178. The molecule has 1 aromatic carbocycles. The summed E-state index contributed by atoms with van der Waals surface area (Å²) in [5, 5.41) is 0. The smallest absolute Gasteiger partial charge is 0.124 e. The van der Waals surface area contributed by atoms with Crippen LogP contribution in [0, 0.1) is 6.92 Å². The summed E-state index contributed by atoms with van der Waals surface area (Å²) in [5.41, 5.74) is 0.928. The van der Waals surface area contributed by atoms with Gasteiger partial charge in [-0.3, -0.25) is 0 Å². The second-order valence-corrected chi connectivity index (χ2v) is 8.08. The highest BCUT2D eigenvalue weighted by atomic mass is 32.2. The fourth-order valence-corrected chi connectivity index (χ4v) is 3.01. The Morgan fingerprint density at radius 1 is 1.00 bits per heavy atom. The molecule has 0 atom stereocenters. The lowest BCUT2D eigenvalue weighted by atomic mass is 10.2. The van der Waals surface area contributed by atoms with Crippen molar-refractivity contribution < 1.29 is 13.0 Å². The van der Waals surface area contributed by atoms with Crippen LogP contribution in [0.5, 0.6) is 0 Å². The third-order valence-electron chi connectivity index (χ3n) is 2.53. The van der Waals surface area contributed by atoms with Crippen molar-refractivity contribution in [2.24, 2.45) is 0 Å². The van der Waals surface area contributed by atoms with E-state index in [4.69, 9.17) is 0 Å². The van der Waals surface area contributed by atoms with Gasteiger partial charge < -0.3 is 4.55 Å². The molecular formula is C13H22O3S2.